The van der Waals surface area contributed by atoms with Gasteiger partial charge in [-0.1, -0.05) is 52.0 Å². The smallest absolute Gasteiger partial charge is 0.330 e. The summed E-state index contributed by atoms with van der Waals surface area (Å²) in [6.07, 6.45) is 0. The molecule has 3 aromatic rings. The van der Waals surface area contributed by atoms with Crippen molar-refractivity contribution in [2.45, 2.75) is 40.2 Å². The standard InChI is InChI=1S/C24H31N5O4S/c1-14(2)12-29-20(25)19(21(30)27-24(29)32)28(10-11-33-5)23(31)18-13-34-22(26-18)17-8-6-16(7-9-17)15(3)4/h6-9,13-15H,10-12,25H2,1-5H3,(H,27,30,32). The van der Waals surface area contributed by atoms with Gasteiger partial charge in [0, 0.05) is 31.1 Å². The molecular formula is C24H31N5O4S. The van der Waals surface area contributed by atoms with E-state index in [-0.39, 0.29) is 36.3 Å². The first kappa shape index (κ1) is 25.4. The zero-order valence-corrected chi connectivity index (χ0v) is 20.9. The number of thiazole rings is 1. The highest BCUT2D eigenvalue weighted by atomic mass is 32.1. The van der Waals surface area contributed by atoms with E-state index >= 15 is 0 Å². The second-order valence-corrected chi connectivity index (χ2v) is 9.62. The van der Waals surface area contributed by atoms with Crippen LogP contribution in [0.1, 0.15) is 49.7 Å². The Morgan fingerprint density at radius 1 is 1.21 bits per heavy atom. The van der Waals surface area contributed by atoms with E-state index in [0.29, 0.717) is 17.5 Å². The van der Waals surface area contributed by atoms with Crippen LogP contribution in [-0.4, -0.2) is 40.7 Å². The minimum Gasteiger partial charge on any atom is -0.383 e. The molecule has 3 rings (SSSR count). The number of methoxy groups -OCH3 is 1. The van der Waals surface area contributed by atoms with Crippen molar-refractivity contribution in [3.63, 3.8) is 0 Å². The fourth-order valence-corrected chi connectivity index (χ4v) is 4.34. The third-order valence-electron chi connectivity index (χ3n) is 5.34. The molecule has 182 valence electrons. The number of amides is 1. The molecule has 34 heavy (non-hydrogen) atoms. The molecule has 1 aromatic carbocycles. The molecule has 0 aliphatic rings. The van der Waals surface area contributed by atoms with Gasteiger partial charge in [-0.15, -0.1) is 11.3 Å². The van der Waals surface area contributed by atoms with Gasteiger partial charge in [0.15, 0.2) is 5.69 Å². The monoisotopic (exact) mass is 485 g/mol. The largest absolute Gasteiger partial charge is 0.383 e. The number of rotatable bonds is 9. The molecular weight excluding hydrogens is 454 g/mol. The highest BCUT2D eigenvalue weighted by Crippen LogP contribution is 2.27. The summed E-state index contributed by atoms with van der Waals surface area (Å²) in [7, 11) is 1.50. The molecule has 10 heteroatoms. The first-order chi connectivity index (χ1) is 16.1. The fraction of sp³-hybridized carbons (Fsp3) is 0.417. The molecule has 0 bridgehead atoms. The van der Waals surface area contributed by atoms with Gasteiger partial charge in [-0.25, -0.2) is 9.78 Å². The number of aromatic nitrogens is 3. The molecule has 1 amide bonds. The van der Waals surface area contributed by atoms with Gasteiger partial charge in [-0.05, 0) is 17.4 Å². The summed E-state index contributed by atoms with van der Waals surface area (Å²) in [5, 5.41) is 2.35. The lowest BCUT2D eigenvalue weighted by Crippen LogP contribution is -2.43. The van der Waals surface area contributed by atoms with E-state index < -0.39 is 17.2 Å². The molecule has 0 radical (unpaired) electrons. The molecule has 2 heterocycles. The van der Waals surface area contributed by atoms with Crippen LogP contribution in [0.5, 0.6) is 0 Å². The van der Waals surface area contributed by atoms with Crippen LogP contribution in [0.4, 0.5) is 11.5 Å². The number of carbonyl (C=O) groups excluding carboxylic acids is 1. The zero-order valence-electron chi connectivity index (χ0n) is 20.1. The summed E-state index contributed by atoms with van der Waals surface area (Å²) in [5.41, 5.74) is 7.12. The Labute approximate surface area is 202 Å². The lowest BCUT2D eigenvalue weighted by molar-refractivity contribution is 0.0971. The Bertz CT molecular complexity index is 1260. The number of nitrogens with zero attached hydrogens (tertiary/aromatic N) is 3. The van der Waals surface area contributed by atoms with Gasteiger partial charge < -0.3 is 10.5 Å². The third-order valence-corrected chi connectivity index (χ3v) is 6.23. The van der Waals surface area contributed by atoms with Gasteiger partial charge >= 0.3 is 5.69 Å². The fourth-order valence-electron chi connectivity index (χ4n) is 3.54. The quantitative estimate of drug-likeness (QED) is 0.479. The van der Waals surface area contributed by atoms with Crippen LogP contribution < -0.4 is 21.9 Å². The Morgan fingerprint density at radius 2 is 1.88 bits per heavy atom. The maximum absolute atomic E-state index is 13.5. The van der Waals surface area contributed by atoms with Crippen molar-refractivity contribution >= 4 is 28.7 Å². The van der Waals surface area contributed by atoms with Gasteiger partial charge in [0.1, 0.15) is 16.5 Å². The first-order valence-electron chi connectivity index (χ1n) is 11.1. The van der Waals surface area contributed by atoms with E-state index in [1.165, 1.54) is 33.5 Å². The van der Waals surface area contributed by atoms with E-state index in [1.807, 2.05) is 38.1 Å². The average molecular weight is 486 g/mol. The van der Waals surface area contributed by atoms with Gasteiger partial charge in [0.2, 0.25) is 0 Å². The highest BCUT2D eigenvalue weighted by Gasteiger charge is 2.27. The Morgan fingerprint density at radius 3 is 2.47 bits per heavy atom. The summed E-state index contributed by atoms with van der Waals surface area (Å²) >= 11 is 1.34. The predicted octanol–water partition coefficient (Wildman–Crippen LogP) is 3.31. The van der Waals surface area contributed by atoms with E-state index in [1.54, 1.807) is 5.38 Å². The number of aromatic amines is 1. The number of nitrogen functional groups attached to an aromatic ring is 1. The van der Waals surface area contributed by atoms with Crippen LogP contribution >= 0.6 is 11.3 Å². The zero-order chi connectivity index (χ0) is 25.0. The number of hydrogen-bond donors (Lipinski definition) is 2. The topological polar surface area (TPSA) is 123 Å². The number of hydrogen-bond acceptors (Lipinski definition) is 7. The lowest BCUT2D eigenvalue weighted by Gasteiger charge is -2.24. The van der Waals surface area contributed by atoms with E-state index in [0.717, 1.165) is 5.56 Å². The molecule has 0 atom stereocenters. The number of benzene rings is 1. The van der Waals surface area contributed by atoms with Crippen LogP contribution in [-0.2, 0) is 11.3 Å². The van der Waals surface area contributed by atoms with Crippen molar-refractivity contribution in [2.75, 3.05) is 30.9 Å². The highest BCUT2D eigenvalue weighted by molar-refractivity contribution is 7.13. The van der Waals surface area contributed by atoms with Gasteiger partial charge in [0.25, 0.3) is 11.5 Å². The van der Waals surface area contributed by atoms with Crippen molar-refractivity contribution in [1.29, 1.82) is 0 Å². The summed E-state index contributed by atoms with van der Waals surface area (Å²) in [4.78, 5) is 46.6. The molecule has 0 aliphatic carbocycles. The Kier molecular flexibility index (Phi) is 8.06. The third kappa shape index (κ3) is 5.45. The minimum atomic E-state index is -0.730. The number of nitrogens with two attached hydrogens (primary N) is 1. The van der Waals surface area contributed by atoms with Crippen molar-refractivity contribution in [2.24, 2.45) is 5.92 Å². The second kappa shape index (κ2) is 10.8. The first-order valence-corrected chi connectivity index (χ1v) is 12.0. The lowest BCUT2D eigenvalue weighted by atomic mass is 10.0. The number of ether oxygens (including phenoxy) is 1. The maximum Gasteiger partial charge on any atom is 0.330 e. The number of nitrogens with one attached hydrogen (secondary N) is 1. The van der Waals surface area contributed by atoms with E-state index in [2.05, 4.69) is 23.8 Å². The molecule has 0 saturated heterocycles. The van der Waals surface area contributed by atoms with Crippen LogP contribution in [0.25, 0.3) is 10.6 Å². The molecule has 0 aliphatic heterocycles. The summed E-state index contributed by atoms with van der Waals surface area (Å²) in [5.74, 6) is -0.0404. The van der Waals surface area contributed by atoms with Gasteiger partial charge in [-0.3, -0.25) is 24.0 Å². The van der Waals surface area contributed by atoms with E-state index in [9.17, 15) is 14.4 Å². The molecule has 0 fully saturated rings. The normalized spacial score (nSPS) is 11.4. The van der Waals surface area contributed by atoms with Crippen molar-refractivity contribution < 1.29 is 9.53 Å². The predicted molar refractivity (Wildman–Crippen MR) is 136 cm³/mol. The minimum absolute atomic E-state index is 0.0633. The van der Waals surface area contributed by atoms with Crippen LogP contribution in [0, 0.1) is 5.92 Å². The summed E-state index contributed by atoms with van der Waals surface area (Å²) in [6, 6.07) is 8.06. The van der Waals surface area contributed by atoms with Gasteiger partial charge in [-0.2, -0.15) is 0 Å². The molecule has 0 saturated carbocycles. The van der Waals surface area contributed by atoms with E-state index in [4.69, 9.17) is 10.5 Å². The van der Waals surface area contributed by atoms with Crippen molar-refractivity contribution in [3.8, 4) is 10.6 Å². The molecule has 0 spiro atoms. The summed E-state index contributed by atoms with van der Waals surface area (Å²) in [6.45, 7) is 8.64. The van der Waals surface area contributed by atoms with Gasteiger partial charge in [0.05, 0.1) is 6.61 Å². The molecule has 2 aromatic heterocycles. The SMILES string of the molecule is COCCN(C(=O)c1csc(-c2ccc(C(C)C)cc2)n1)c1c(N)n(CC(C)C)c(=O)[nH]c1=O. The van der Waals surface area contributed by atoms with Crippen molar-refractivity contribution in [3.05, 3.63) is 61.7 Å². The van der Waals surface area contributed by atoms with Crippen molar-refractivity contribution in [1.82, 2.24) is 14.5 Å². The molecule has 9 nitrogen and oxygen atoms in total. The Hall–Kier alpha value is -3.24. The second-order valence-electron chi connectivity index (χ2n) is 8.76. The average Bonchev–Trinajstić information content (AvgIpc) is 3.28. The Balaban J connectivity index is 2.01. The number of anilines is 2. The molecule has 0 unspecified atom stereocenters. The molecule has 3 N–H and O–H groups in total. The number of H-pyrrole nitrogens is 1. The van der Waals surface area contributed by atoms with Crippen LogP contribution in [0.3, 0.4) is 0 Å². The summed E-state index contributed by atoms with van der Waals surface area (Å²) < 4.78 is 6.42. The maximum atomic E-state index is 13.5. The number of carbonyl (C=O) groups is 1. The van der Waals surface area contributed by atoms with Crippen LogP contribution in [0.15, 0.2) is 39.2 Å². The van der Waals surface area contributed by atoms with Crippen LogP contribution in [0.2, 0.25) is 0 Å².